The molecule has 2 amide bonds. The van der Waals surface area contributed by atoms with Crippen molar-refractivity contribution in [3.8, 4) is 0 Å². The first-order valence-electron chi connectivity index (χ1n) is 5.83. The Kier molecular flexibility index (Phi) is 4.23. The number of likely N-dealkylation sites (tertiary alicyclic amines) is 1. The number of hydrogen-bond donors (Lipinski definition) is 3. The second kappa shape index (κ2) is 5.33. The molecule has 0 aromatic rings. The van der Waals surface area contributed by atoms with E-state index in [1.807, 2.05) is 0 Å². The molecule has 19 heavy (non-hydrogen) atoms. The van der Waals surface area contributed by atoms with E-state index in [-0.39, 0.29) is 13.0 Å². The highest BCUT2D eigenvalue weighted by Gasteiger charge is 2.43. The molecule has 0 aliphatic carbocycles. The van der Waals surface area contributed by atoms with E-state index in [2.05, 4.69) is 5.32 Å². The number of carboxylic acids is 1. The van der Waals surface area contributed by atoms with Gasteiger partial charge in [0.1, 0.15) is 5.60 Å². The zero-order valence-corrected chi connectivity index (χ0v) is 11.0. The highest BCUT2D eigenvalue weighted by atomic mass is 16.6. The predicted molar refractivity (Wildman–Crippen MR) is 63.9 cm³/mol. The molecule has 1 aliphatic heterocycles. The Bertz CT molecular complexity index is 389. The average Bonchev–Trinajstić information content (AvgIpc) is 2.57. The van der Waals surface area contributed by atoms with Gasteiger partial charge in [-0.3, -0.25) is 4.90 Å². The maximum atomic E-state index is 11.6. The van der Waals surface area contributed by atoms with E-state index in [4.69, 9.17) is 14.9 Å². The molecule has 1 heterocycles. The van der Waals surface area contributed by atoms with Gasteiger partial charge >= 0.3 is 18.2 Å². The third-order valence-corrected chi connectivity index (χ3v) is 2.60. The Morgan fingerprint density at radius 2 is 1.84 bits per heavy atom. The molecule has 8 nitrogen and oxygen atoms in total. The van der Waals surface area contributed by atoms with Crippen LogP contribution in [-0.2, 0) is 9.53 Å². The van der Waals surface area contributed by atoms with Crippen molar-refractivity contribution in [1.82, 2.24) is 10.2 Å². The normalized spacial score (nSPS) is 23.0. The Morgan fingerprint density at radius 1 is 1.26 bits per heavy atom. The SMILES string of the molecule is CC(C)(C)OC(=O)N[C@@H]1CCN(C(=O)O)[C@@H]1C(=O)O. The van der Waals surface area contributed by atoms with E-state index in [0.29, 0.717) is 0 Å². The summed E-state index contributed by atoms with van der Waals surface area (Å²) in [5.41, 5.74) is -0.701. The van der Waals surface area contributed by atoms with Crippen molar-refractivity contribution < 1.29 is 29.3 Å². The van der Waals surface area contributed by atoms with E-state index in [1.54, 1.807) is 20.8 Å². The number of aliphatic carboxylic acids is 1. The number of amides is 2. The number of carbonyl (C=O) groups is 3. The Morgan fingerprint density at radius 3 is 2.26 bits per heavy atom. The second-order valence-electron chi connectivity index (χ2n) is 5.30. The number of rotatable bonds is 2. The lowest BCUT2D eigenvalue weighted by atomic mass is 10.1. The lowest BCUT2D eigenvalue weighted by Crippen LogP contribution is -2.51. The van der Waals surface area contributed by atoms with Crippen LogP contribution in [0.5, 0.6) is 0 Å². The Balaban J connectivity index is 2.70. The van der Waals surface area contributed by atoms with Crippen LogP contribution in [0.25, 0.3) is 0 Å². The molecule has 108 valence electrons. The van der Waals surface area contributed by atoms with Crippen LogP contribution in [0.1, 0.15) is 27.2 Å². The number of hydrogen-bond acceptors (Lipinski definition) is 4. The van der Waals surface area contributed by atoms with E-state index in [1.165, 1.54) is 0 Å². The summed E-state index contributed by atoms with van der Waals surface area (Å²) in [7, 11) is 0. The maximum absolute atomic E-state index is 11.6. The van der Waals surface area contributed by atoms with Crippen molar-refractivity contribution in [3.05, 3.63) is 0 Å². The van der Waals surface area contributed by atoms with Crippen LogP contribution in [0.4, 0.5) is 9.59 Å². The monoisotopic (exact) mass is 274 g/mol. The summed E-state index contributed by atoms with van der Waals surface area (Å²) < 4.78 is 5.01. The standard InChI is InChI=1S/C11H18N2O6/c1-11(2,3)19-9(16)12-6-4-5-13(10(17)18)7(6)8(14)15/h6-7H,4-5H2,1-3H3,(H,12,16)(H,14,15)(H,17,18)/t6-,7+/m1/s1. The molecule has 0 saturated carbocycles. The minimum absolute atomic E-state index is 0.0623. The number of ether oxygens (including phenoxy) is 1. The molecule has 8 heteroatoms. The fourth-order valence-corrected chi connectivity index (χ4v) is 1.92. The van der Waals surface area contributed by atoms with Gasteiger partial charge in [0.25, 0.3) is 0 Å². The topological polar surface area (TPSA) is 116 Å². The molecular weight excluding hydrogens is 256 g/mol. The molecule has 0 bridgehead atoms. The molecule has 1 aliphatic rings. The molecule has 1 saturated heterocycles. The van der Waals surface area contributed by atoms with Gasteiger partial charge in [-0.15, -0.1) is 0 Å². The first-order valence-corrected chi connectivity index (χ1v) is 5.83. The van der Waals surface area contributed by atoms with Crippen LogP contribution >= 0.6 is 0 Å². The zero-order valence-electron chi connectivity index (χ0n) is 11.0. The van der Waals surface area contributed by atoms with Gasteiger partial charge in [-0.05, 0) is 27.2 Å². The summed E-state index contributed by atoms with van der Waals surface area (Å²) in [6, 6.07) is -2.08. The lowest BCUT2D eigenvalue weighted by molar-refractivity contribution is -0.142. The molecule has 1 rings (SSSR count). The van der Waals surface area contributed by atoms with Crippen molar-refractivity contribution in [2.24, 2.45) is 0 Å². The van der Waals surface area contributed by atoms with E-state index < -0.39 is 35.8 Å². The first-order chi connectivity index (χ1) is 8.61. The van der Waals surface area contributed by atoms with Crippen molar-refractivity contribution in [2.45, 2.75) is 44.9 Å². The molecule has 2 atom stereocenters. The quantitative estimate of drug-likeness (QED) is 0.683. The third kappa shape index (κ3) is 4.01. The molecular formula is C11H18N2O6. The molecule has 1 fully saturated rings. The Hall–Kier alpha value is -1.99. The molecule has 0 aromatic carbocycles. The first kappa shape index (κ1) is 15.1. The van der Waals surface area contributed by atoms with Gasteiger partial charge in [-0.2, -0.15) is 0 Å². The number of nitrogens with one attached hydrogen (secondary N) is 1. The van der Waals surface area contributed by atoms with Crippen LogP contribution in [0.15, 0.2) is 0 Å². The number of alkyl carbamates (subject to hydrolysis) is 1. The minimum Gasteiger partial charge on any atom is -0.480 e. The van der Waals surface area contributed by atoms with Crippen LogP contribution in [-0.4, -0.2) is 57.5 Å². The average molecular weight is 274 g/mol. The van der Waals surface area contributed by atoms with E-state index in [0.717, 1.165) is 4.90 Å². The summed E-state index contributed by atoms with van der Waals surface area (Å²) in [4.78, 5) is 34.4. The highest BCUT2D eigenvalue weighted by Crippen LogP contribution is 2.19. The summed E-state index contributed by atoms with van der Waals surface area (Å²) >= 11 is 0. The summed E-state index contributed by atoms with van der Waals surface area (Å²) in [6.07, 6.45) is -1.83. The fraction of sp³-hybridized carbons (Fsp3) is 0.727. The number of carbonyl (C=O) groups excluding carboxylic acids is 1. The predicted octanol–water partition coefficient (Wildman–Crippen LogP) is 0.717. The smallest absolute Gasteiger partial charge is 0.408 e. The summed E-state index contributed by atoms with van der Waals surface area (Å²) in [6.45, 7) is 5.10. The third-order valence-electron chi connectivity index (χ3n) is 2.60. The molecule has 0 radical (unpaired) electrons. The lowest BCUT2D eigenvalue weighted by Gasteiger charge is -2.25. The fourth-order valence-electron chi connectivity index (χ4n) is 1.92. The van der Waals surface area contributed by atoms with Crippen molar-refractivity contribution in [2.75, 3.05) is 6.54 Å². The van der Waals surface area contributed by atoms with E-state index in [9.17, 15) is 14.4 Å². The second-order valence-corrected chi connectivity index (χ2v) is 5.30. The van der Waals surface area contributed by atoms with Crippen LogP contribution in [0.3, 0.4) is 0 Å². The number of carboxylic acid groups (broad SMARTS) is 2. The number of nitrogens with zero attached hydrogens (tertiary/aromatic N) is 1. The van der Waals surface area contributed by atoms with Gasteiger partial charge < -0.3 is 20.3 Å². The van der Waals surface area contributed by atoms with Gasteiger partial charge in [0, 0.05) is 6.54 Å². The van der Waals surface area contributed by atoms with Crippen molar-refractivity contribution in [3.63, 3.8) is 0 Å². The Labute approximate surface area is 110 Å². The van der Waals surface area contributed by atoms with Gasteiger partial charge in [0.15, 0.2) is 6.04 Å². The minimum atomic E-state index is -1.32. The molecule has 0 unspecified atom stereocenters. The van der Waals surface area contributed by atoms with Crippen LogP contribution in [0.2, 0.25) is 0 Å². The van der Waals surface area contributed by atoms with Gasteiger partial charge in [0.2, 0.25) is 0 Å². The van der Waals surface area contributed by atoms with Gasteiger partial charge in [0.05, 0.1) is 6.04 Å². The van der Waals surface area contributed by atoms with Gasteiger partial charge in [-0.1, -0.05) is 0 Å². The highest BCUT2D eigenvalue weighted by molar-refractivity contribution is 5.82. The molecule has 3 N–H and O–H groups in total. The molecule has 0 spiro atoms. The van der Waals surface area contributed by atoms with Crippen LogP contribution < -0.4 is 5.32 Å². The summed E-state index contributed by atoms with van der Waals surface area (Å²) in [5.74, 6) is -1.29. The van der Waals surface area contributed by atoms with Crippen LogP contribution in [0, 0.1) is 0 Å². The van der Waals surface area contributed by atoms with Crippen molar-refractivity contribution in [1.29, 1.82) is 0 Å². The van der Waals surface area contributed by atoms with E-state index >= 15 is 0 Å². The van der Waals surface area contributed by atoms with Crippen molar-refractivity contribution >= 4 is 18.2 Å². The molecule has 0 aromatic heterocycles. The zero-order chi connectivity index (χ0) is 14.8. The van der Waals surface area contributed by atoms with Gasteiger partial charge in [-0.25, -0.2) is 14.4 Å². The maximum Gasteiger partial charge on any atom is 0.408 e. The summed E-state index contributed by atoms with van der Waals surface area (Å²) in [5, 5.41) is 20.3. The largest absolute Gasteiger partial charge is 0.480 e.